The highest BCUT2D eigenvalue weighted by Crippen LogP contribution is 2.64. The summed E-state index contributed by atoms with van der Waals surface area (Å²) in [5, 5.41) is 3.20. The Morgan fingerprint density at radius 3 is 1.84 bits per heavy atom. The van der Waals surface area contributed by atoms with Gasteiger partial charge in [-0.2, -0.15) is 0 Å². The third-order valence-electron chi connectivity index (χ3n) is 12.7. The average molecular weight is 798 g/mol. The Hall–Kier alpha value is -7.53. The van der Waals surface area contributed by atoms with Crippen molar-refractivity contribution < 1.29 is 8.83 Å². The van der Waals surface area contributed by atoms with Crippen LogP contribution in [0.1, 0.15) is 22.3 Å². The van der Waals surface area contributed by atoms with Gasteiger partial charge in [-0.05, 0) is 76.3 Å². The van der Waals surface area contributed by atoms with Gasteiger partial charge in [-0.15, -0.1) is 0 Å². The van der Waals surface area contributed by atoms with Crippen LogP contribution in [0.3, 0.4) is 0 Å². The number of para-hydroxylation sites is 3. The molecule has 0 saturated heterocycles. The average Bonchev–Trinajstić information content (AvgIpc) is 4.02. The number of hydrogen-bond donors (Lipinski definition) is 0. The van der Waals surface area contributed by atoms with Crippen molar-refractivity contribution in [2.24, 2.45) is 0 Å². The van der Waals surface area contributed by atoms with Gasteiger partial charge in [-0.25, -0.2) is 0 Å². The van der Waals surface area contributed by atoms with Gasteiger partial charge in [0, 0.05) is 42.8 Å². The molecule has 0 saturated carbocycles. The van der Waals surface area contributed by atoms with Crippen molar-refractivity contribution in [3.63, 3.8) is 0 Å². The van der Waals surface area contributed by atoms with Gasteiger partial charge in [0.1, 0.15) is 22.5 Å². The summed E-state index contributed by atoms with van der Waals surface area (Å²) in [4.78, 5) is 5.06. The first-order valence-corrected chi connectivity index (χ1v) is 21.6. The molecule has 0 fully saturated rings. The van der Waals surface area contributed by atoms with Crippen molar-refractivity contribution >= 4 is 61.7 Å². The highest BCUT2D eigenvalue weighted by atomic mass is 32.2. The molecular weight excluding hydrogens is 763 g/mol. The maximum atomic E-state index is 6.83. The third-order valence-corrected chi connectivity index (χ3v) is 13.9. The van der Waals surface area contributed by atoms with E-state index >= 15 is 0 Å². The second kappa shape index (κ2) is 13.2. The van der Waals surface area contributed by atoms with E-state index in [-0.39, 0.29) is 0 Å². The Balaban J connectivity index is 1.14. The van der Waals surface area contributed by atoms with Crippen LogP contribution in [0.2, 0.25) is 0 Å². The molecule has 0 radical (unpaired) electrons. The van der Waals surface area contributed by atoms with Crippen molar-refractivity contribution in [3.8, 4) is 33.6 Å². The van der Waals surface area contributed by atoms with E-state index in [1.54, 1.807) is 0 Å². The number of fused-ring (bicyclic) bond motifs is 13. The molecule has 11 aromatic rings. The number of benzene rings is 9. The largest absolute Gasteiger partial charge is 0.456 e. The highest BCUT2D eigenvalue weighted by Gasteiger charge is 2.51. The van der Waals surface area contributed by atoms with Crippen LogP contribution in [0, 0.1) is 0 Å². The van der Waals surface area contributed by atoms with E-state index in [0.29, 0.717) is 0 Å². The van der Waals surface area contributed by atoms with Crippen molar-refractivity contribution in [1.82, 2.24) is 0 Å². The lowest BCUT2D eigenvalue weighted by atomic mass is 9.67. The van der Waals surface area contributed by atoms with Gasteiger partial charge in [0.15, 0.2) is 0 Å². The minimum atomic E-state index is -0.520. The summed E-state index contributed by atoms with van der Waals surface area (Å²) in [6.45, 7) is 0. The first-order valence-electron chi connectivity index (χ1n) is 20.8. The summed E-state index contributed by atoms with van der Waals surface area (Å²) in [6.07, 6.45) is 0. The Labute approximate surface area is 357 Å². The van der Waals surface area contributed by atoms with E-state index in [1.807, 2.05) is 23.9 Å². The molecule has 2 aliphatic rings. The molecule has 0 atom stereocenters. The van der Waals surface area contributed by atoms with Gasteiger partial charge in [0.2, 0.25) is 0 Å². The quantitative estimate of drug-likeness (QED) is 0.173. The van der Waals surface area contributed by atoms with E-state index < -0.39 is 5.41 Å². The van der Waals surface area contributed by atoms with Crippen molar-refractivity contribution in [3.05, 3.63) is 235 Å². The summed E-state index contributed by atoms with van der Waals surface area (Å²) < 4.78 is 13.4. The predicted molar refractivity (Wildman–Crippen MR) is 250 cm³/mol. The van der Waals surface area contributed by atoms with Crippen LogP contribution in [0.15, 0.2) is 231 Å². The van der Waals surface area contributed by atoms with Crippen LogP contribution < -0.4 is 4.90 Å². The molecule has 1 aliphatic carbocycles. The van der Waals surface area contributed by atoms with Gasteiger partial charge in [0.25, 0.3) is 0 Å². The second-order valence-electron chi connectivity index (χ2n) is 15.9. The zero-order valence-corrected chi connectivity index (χ0v) is 33.7. The lowest BCUT2D eigenvalue weighted by Crippen LogP contribution is -2.32. The topological polar surface area (TPSA) is 29.5 Å². The fourth-order valence-electron chi connectivity index (χ4n) is 10.3. The predicted octanol–water partition coefficient (Wildman–Crippen LogP) is 16.0. The molecule has 61 heavy (non-hydrogen) atoms. The van der Waals surface area contributed by atoms with Gasteiger partial charge in [-0.3, -0.25) is 0 Å². The molecule has 1 aliphatic heterocycles. The van der Waals surface area contributed by atoms with Gasteiger partial charge in [0.05, 0.1) is 27.9 Å². The number of anilines is 3. The molecule has 9 aromatic carbocycles. The summed E-state index contributed by atoms with van der Waals surface area (Å²) in [5.74, 6) is 0.848. The fraction of sp³-hybridized carbons (Fsp3) is 0.0175. The lowest BCUT2D eigenvalue weighted by Gasteiger charge is -2.39. The van der Waals surface area contributed by atoms with E-state index in [1.165, 1.54) is 43.2 Å². The summed E-state index contributed by atoms with van der Waals surface area (Å²) >= 11 is 1.87. The standard InChI is InChI=1S/C57H35NO2S/c1-2-17-36(18-3-1)51-35-37-19-14-23-39(56(37)60-51)38-20-5-10-28-46(38)58(48-30-16-32-50-55(48)41-22-6-11-31-49(41)59-50)47-29-15-27-45-54(47)40-21-4-7-24-42(40)57(45)43-25-8-12-33-52(43)61-53-34-13-9-26-44(53)57/h1-35H. The van der Waals surface area contributed by atoms with E-state index in [4.69, 9.17) is 8.83 Å². The van der Waals surface area contributed by atoms with Gasteiger partial charge >= 0.3 is 0 Å². The summed E-state index contributed by atoms with van der Waals surface area (Å²) in [6, 6.07) is 76.6. The van der Waals surface area contributed by atoms with E-state index in [9.17, 15) is 0 Å². The summed E-state index contributed by atoms with van der Waals surface area (Å²) in [7, 11) is 0. The Morgan fingerprint density at radius 2 is 1.00 bits per heavy atom. The second-order valence-corrected chi connectivity index (χ2v) is 17.0. The lowest BCUT2D eigenvalue weighted by molar-refractivity contribution is 0.632. The molecule has 4 heteroatoms. The van der Waals surface area contributed by atoms with Crippen LogP contribution in [0.4, 0.5) is 17.1 Å². The van der Waals surface area contributed by atoms with Crippen LogP contribution in [-0.2, 0) is 5.41 Å². The highest BCUT2D eigenvalue weighted by molar-refractivity contribution is 7.99. The molecule has 286 valence electrons. The van der Waals surface area contributed by atoms with E-state index in [2.05, 4.69) is 205 Å². The number of rotatable bonds is 5. The number of furan rings is 2. The normalized spacial score (nSPS) is 13.3. The van der Waals surface area contributed by atoms with Crippen LogP contribution >= 0.6 is 11.8 Å². The zero-order chi connectivity index (χ0) is 40.1. The SMILES string of the molecule is c1ccc(-c2cc3cccc(-c4ccccc4N(c4cccc5c4-c4ccccc4C54c5ccccc5Sc5ccccc54)c4cccc5oc6ccccc6c45)c3o2)cc1. The van der Waals surface area contributed by atoms with Crippen molar-refractivity contribution in [2.45, 2.75) is 15.2 Å². The Morgan fingerprint density at radius 1 is 0.410 bits per heavy atom. The molecule has 13 rings (SSSR count). The fourth-order valence-corrected chi connectivity index (χ4v) is 11.5. The Bertz CT molecular complexity index is 3500. The molecule has 3 nitrogen and oxygen atoms in total. The minimum Gasteiger partial charge on any atom is -0.456 e. The molecule has 0 bridgehead atoms. The first kappa shape index (κ1) is 34.3. The molecule has 0 amide bonds. The molecule has 3 heterocycles. The number of nitrogens with zero attached hydrogens (tertiary/aromatic N) is 1. The molecule has 0 unspecified atom stereocenters. The minimum absolute atomic E-state index is 0.520. The Kier molecular flexibility index (Phi) is 7.45. The van der Waals surface area contributed by atoms with Gasteiger partial charge < -0.3 is 13.7 Å². The van der Waals surface area contributed by atoms with Crippen molar-refractivity contribution in [1.29, 1.82) is 0 Å². The van der Waals surface area contributed by atoms with E-state index in [0.717, 1.165) is 72.4 Å². The molecule has 2 aromatic heterocycles. The monoisotopic (exact) mass is 797 g/mol. The van der Waals surface area contributed by atoms with Crippen LogP contribution in [-0.4, -0.2) is 0 Å². The first-order chi connectivity index (χ1) is 30.3. The molecule has 0 N–H and O–H groups in total. The van der Waals surface area contributed by atoms with Crippen molar-refractivity contribution in [2.75, 3.05) is 4.90 Å². The maximum absolute atomic E-state index is 6.83. The number of hydrogen-bond acceptors (Lipinski definition) is 4. The zero-order valence-electron chi connectivity index (χ0n) is 32.9. The van der Waals surface area contributed by atoms with Crippen LogP contribution in [0.25, 0.3) is 66.5 Å². The molecular formula is C57H35NO2S. The van der Waals surface area contributed by atoms with Crippen LogP contribution in [0.5, 0.6) is 0 Å². The maximum Gasteiger partial charge on any atom is 0.142 e. The molecule has 1 spiro atoms. The van der Waals surface area contributed by atoms with Gasteiger partial charge in [-0.1, -0.05) is 176 Å². The summed E-state index contributed by atoms with van der Waals surface area (Å²) in [5.41, 5.74) is 16.0. The smallest absolute Gasteiger partial charge is 0.142 e. The third kappa shape index (κ3) is 4.88.